The van der Waals surface area contributed by atoms with Crippen LogP contribution in [0.4, 0.5) is 0 Å². The van der Waals surface area contributed by atoms with Gasteiger partial charge in [0.15, 0.2) is 0 Å². The molecule has 0 amide bonds. The van der Waals surface area contributed by atoms with E-state index in [1.54, 1.807) is 9.80 Å². The number of aliphatic carboxylic acids is 3. The van der Waals surface area contributed by atoms with Crippen molar-refractivity contribution in [2.75, 3.05) is 58.9 Å². The Morgan fingerprint density at radius 3 is 2.08 bits per heavy atom. The Morgan fingerprint density at radius 2 is 1.46 bits per heavy atom. The summed E-state index contributed by atoms with van der Waals surface area (Å²) in [7, 11) is 0. The average molecular weight is 346 g/mol. The van der Waals surface area contributed by atoms with E-state index >= 15 is 0 Å². The summed E-state index contributed by atoms with van der Waals surface area (Å²) in [5.74, 6) is -2.88. The number of hydrogen-bond acceptors (Lipinski definition) is 7. The van der Waals surface area contributed by atoms with Gasteiger partial charge in [-0.05, 0) is 0 Å². The molecule has 0 saturated carbocycles. The number of carboxylic acids is 3. The minimum Gasteiger partial charge on any atom is -0.481 e. The molecule has 0 aromatic heterocycles. The van der Waals surface area contributed by atoms with Crippen LogP contribution in [0.25, 0.3) is 0 Å². The Bertz CT molecular complexity index is 433. The quantitative estimate of drug-likeness (QED) is 0.359. The molecule has 1 saturated heterocycles. The van der Waals surface area contributed by atoms with Gasteiger partial charge >= 0.3 is 17.9 Å². The molecule has 0 spiro atoms. The van der Waals surface area contributed by atoms with E-state index in [-0.39, 0.29) is 32.1 Å². The van der Waals surface area contributed by atoms with Crippen LogP contribution < -0.4 is 10.6 Å². The molecule has 5 N–H and O–H groups in total. The van der Waals surface area contributed by atoms with Crippen LogP contribution in [0.2, 0.25) is 0 Å². The lowest BCUT2D eigenvalue weighted by atomic mass is 10.2. The smallest absolute Gasteiger partial charge is 0.317 e. The molecule has 0 aromatic carbocycles. The fourth-order valence-corrected chi connectivity index (χ4v) is 2.62. The summed E-state index contributed by atoms with van der Waals surface area (Å²) < 4.78 is 0. The molecule has 1 fully saturated rings. The standard InChI is InChI=1S/C14H26N4O6/c19-12(20)7-11-8-18(10-14(23)24)6-5-17(9-13(21)22)4-3-15-1-2-16-11/h11,15-16H,1-10H2,(H,19,20)(H,21,22)(H,23,24). The van der Waals surface area contributed by atoms with Crippen molar-refractivity contribution in [2.24, 2.45) is 0 Å². The maximum absolute atomic E-state index is 11.0. The monoisotopic (exact) mass is 346 g/mol. The first kappa shape index (κ1) is 20.3. The minimum atomic E-state index is -0.998. The molecule has 10 heteroatoms. The van der Waals surface area contributed by atoms with Gasteiger partial charge in [0.2, 0.25) is 0 Å². The normalized spacial score (nSPS) is 22.2. The van der Waals surface area contributed by atoms with E-state index in [4.69, 9.17) is 15.3 Å². The van der Waals surface area contributed by atoms with Crippen molar-refractivity contribution in [1.82, 2.24) is 20.4 Å². The molecule has 0 radical (unpaired) electrons. The summed E-state index contributed by atoms with van der Waals surface area (Å²) in [5.41, 5.74) is 0. The fraction of sp³-hybridized carbons (Fsp3) is 0.786. The molecule has 24 heavy (non-hydrogen) atoms. The van der Waals surface area contributed by atoms with Gasteiger partial charge in [0.1, 0.15) is 0 Å². The molecule has 1 atom stereocenters. The molecule has 0 bridgehead atoms. The molecule has 1 aliphatic heterocycles. The van der Waals surface area contributed by atoms with Gasteiger partial charge in [0.05, 0.1) is 19.5 Å². The van der Waals surface area contributed by atoms with Crippen LogP contribution in [-0.4, -0.2) is 108 Å². The lowest BCUT2D eigenvalue weighted by molar-refractivity contribution is -0.140. The predicted molar refractivity (Wildman–Crippen MR) is 85.1 cm³/mol. The zero-order chi connectivity index (χ0) is 17.9. The second-order valence-electron chi connectivity index (χ2n) is 5.80. The van der Waals surface area contributed by atoms with Gasteiger partial charge in [-0.25, -0.2) is 0 Å². The van der Waals surface area contributed by atoms with Crippen LogP contribution in [0.1, 0.15) is 6.42 Å². The number of carbonyl (C=O) groups is 3. The van der Waals surface area contributed by atoms with Crippen molar-refractivity contribution in [1.29, 1.82) is 0 Å². The van der Waals surface area contributed by atoms with Gasteiger partial charge in [-0.1, -0.05) is 0 Å². The molecule has 1 unspecified atom stereocenters. The number of nitrogens with one attached hydrogen (secondary N) is 2. The Hall–Kier alpha value is -1.75. The van der Waals surface area contributed by atoms with Crippen LogP contribution in [0.3, 0.4) is 0 Å². The Kier molecular flexibility index (Phi) is 9.23. The highest BCUT2D eigenvalue weighted by atomic mass is 16.4. The number of carboxylic acid groups (broad SMARTS) is 3. The summed E-state index contributed by atoms with van der Waals surface area (Å²) in [6.07, 6.45) is -0.102. The Balaban J connectivity index is 2.75. The van der Waals surface area contributed by atoms with Crippen molar-refractivity contribution in [2.45, 2.75) is 12.5 Å². The van der Waals surface area contributed by atoms with Crippen molar-refractivity contribution in [3.63, 3.8) is 0 Å². The molecular weight excluding hydrogens is 320 g/mol. The van der Waals surface area contributed by atoms with Gasteiger partial charge in [-0.3, -0.25) is 24.2 Å². The van der Waals surface area contributed by atoms with E-state index < -0.39 is 17.9 Å². The lowest BCUT2D eigenvalue weighted by Crippen LogP contribution is -2.49. The van der Waals surface area contributed by atoms with Crippen molar-refractivity contribution in [3.8, 4) is 0 Å². The Morgan fingerprint density at radius 1 is 0.833 bits per heavy atom. The number of rotatable bonds is 6. The lowest BCUT2D eigenvalue weighted by Gasteiger charge is -2.30. The summed E-state index contributed by atoms with van der Waals surface area (Å²) in [4.78, 5) is 36.3. The fourth-order valence-electron chi connectivity index (χ4n) is 2.62. The Labute approximate surface area is 140 Å². The first-order valence-electron chi connectivity index (χ1n) is 7.91. The molecule has 10 nitrogen and oxygen atoms in total. The maximum Gasteiger partial charge on any atom is 0.317 e. The third-order valence-corrected chi connectivity index (χ3v) is 3.69. The zero-order valence-electron chi connectivity index (χ0n) is 13.6. The van der Waals surface area contributed by atoms with Gasteiger partial charge in [0.25, 0.3) is 0 Å². The average Bonchev–Trinajstić information content (AvgIpc) is 2.44. The van der Waals surface area contributed by atoms with Crippen LogP contribution in [0, 0.1) is 0 Å². The maximum atomic E-state index is 11.0. The van der Waals surface area contributed by atoms with Crippen LogP contribution in [0.5, 0.6) is 0 Å². The number of nitrogens with zero attached hydrogens (tertiary/aromatic N) is 2. The van der Waals surface area contributed by atoms with Gasteiger partial charge in [-0.15, -0.1) is 0 Å². The largest absolute Gasteiger partial charge is 0.481 e. The van der Waals surface area contributed by atoms with E-state index in [2.05, 4.69) is 10.6 Å². The zero-order valence-corrected chi connectivity index (χ0v) is 13.6. The van der Waals surface area contributed by atoms with Gasteiger partial charge in [0, 0.05) is 51.9 Å². The third-order valence-electron chi connectivity index (χ3n) is 3.69. The summed E-state index contributed by atoms with van der Waals surface area (Å²) in [6.45, 7) is 3.05. The molecule has 1 heterocycles. The topological polar surface area (TPSA) is 142 Å². The molecule has 1 aliphatic rings. The van der Waals surface area contributed by atoms with Gasteiger partial charge < -0.3 is 26.0 Å². The van der Waals surface area contributed by atoms with Crippen LogP contribution in [0.15, 0.2) is 0 Å². The molecule has 0 aromatic rings. The van der Waals surface area contributed by atoms with Crippen LogP contribution >= 0.6 is 0 Å². The van der Waals surface area contributed by atoms with Crippen molar-refractivity contribution < 1.29 is 29.7 Å². The predicted octanol–water partition coefficient (Wildman–Crippen LogP) is -2.20. The van der Waals surface area contributed by atoms with E-state index in [1.807, 2.05) is 0 Å². The highest BCUT2D eigenvalue weighted by Gasteiger charge is 2.20. The van der Waals surface area contributed by atoms with Gasteiger partial charge in [-0.2, -0.15) is 0 Å². The highest BCUT2D eigenvalue weighted by molar-refractivity contribution is 5.69. The second-order valence-corrected chi connectivity index (χ2v) is 5.80. The van der Waals surface area contributed by atoms with Crippen molar-refractivity contribution in [3.05, 3.63) is 0 Å². The van der Waals surface area contributed by atoms with E-state index in [0.29, 0.717) is 39.3 Å². The van der Waals surface area contributed by atoms with E-state index in [0.717, 1.165) is 0 Å². The van der Waals surface area contributed by atoms with Crippen LogP contribution in [-0.2, 0) is 14.4 Å². The second kappa shape index (κ2) is 10.9. The summed E-state index contributed by atoms with van der Waals surface area (Å²) >= 11 is 0. The first-order chi connectivity index (χ1) is 11.4. The van der Waals surface area contributed by atoms with E-state index in [1.165, 1.54) is 0 Å². The summed E-state index contributed by atoms with van der Waals surface area (Å²) in [5, 5.41) is 33.3. The van der Waals surface area contributed by atoms with E-state index in [9.17, 15) is 14.4 Å². The molecule has 138 valence electrons. The summed E-state index contributed by atoms with van der Waals surface area (Å²) in [6, 6.07) is -0.365. The third kappa shape index (κ3) is 9.40. The SMILES string of the molecule is O=C(O)CC1CN(CC(=O)O)CCN(CC(=O)O)CCNCCN1. The van der Waals surface area contributed by atoms with Crippen molar-refractivity contribution >= 4 is 17.9 Å². The molecular formula is C14H26N4O6. The first-order valence-corrected chi connectivity index (χ1v) is 7.91. The highest BCUT2D eigenvalue weighted by Crippen LogP contribution is 2.00. The number of hydrogen-bond donors (Lipinski definition) is 5. The molecule has 0 aliphatic carbocycles. The minimum absolute atomic E-state index is 0.102. The molecule has 1 rings (SSSR count).